The Bertz CT molecular complexity index is 264. The number of hydrogen-bond donors (Lipinski definition) is 0. The summed E-state index contributed by atoms with van der Waals surface area (Å²) in [5, 5.41) is 0. The summed E-state index contributed by atoms with van der Waals surface area (Å²) in [6, 6.07) is 9.56. The molecule has 1 amide bonds. The van der Waals surface area contributed by atoms with Crippen molar-refractivity contribution in [2.24, 2.45) is 0 Å². The van der Waals surface area contributed by atoms with Gasteiger partial charge in [-0.25, -0.2) is 0 Å². The molecule has 1 rings (SSSR count). The van der Waals surface area contributed by atoms with Crippen LogP contribution >= 0.6 is 0 Å². The molecule has 0 unspecified atom stereocenters. The zero-order chi connectivity index (χ0) is 8.97. The maximum absolute atomic E-state index is 11.2. The molecule has 4 N–H and O–H groups in total. The molecule has 0 aliphatic carbocycles. The first kappa shape index (κ1) is 15.2. The average Bonchev–Trinajstić information content (AvgIpc) is 2.06. The molecule has 1 aromatic carbocycles. The van der Waals surface area contributed by atoms with Gasteiger partial charge in [-0.15, -0.1) is 0 Å². The number of hydrogen-bond acceptors (Lipinski definition) is 1. The van der Waals surface area contributed by atoms with E-state index in [1.165, 1.54) is 0 Å². The molecule has 0 fully saturated rings. The van der Waals surface area contributed by atoms with Crippen molar-refractivity contribution in [3.63, 3.8) is 0 Å². The normalized spacial score (nSPS) is 7.86. The van der Waals surface area contributed by atoms with Crippen molar-refractivity contribution in [2.75, 3.05) is 14.1 Å². The van der Waals surface area contributed by atoms with Gasteiger partial charge in [-0.2, -0.15) is 0 Å². The van der Waals surface area contributed by atoms with E-state index in [4.69, 9.17) is 0 Å². The quantitative estimate of drug-likeness (QED) is 0.561. The van der Waals surface area contributed by atoms with Crippen molar-refractivity contribution in [2.45, 2.75) is 0 Å². The lowest BCUT2D eigenvalue weighted by Gasteiger charge is -2.08. The monoisotopic (exact) mass is 196 g/mol. The summed E-state index contributed by atoms with van der Waals surface area (Å²) in [6.07, 6.45) is 0. The highest BCUT2D eigenvalue weighted by atomic mass is 16.1. The minimum atomic E-state index is 0. The smallest absolute Gasteiger partial charge is 0.271 e. The Hall–Kier alpha value is -1.33. The number of rotatable bonds is 2. The maximum Gasteiger partial charge on any atom is 0.271 e. The minimum absolute atomic E-state index is 0. The lowest BCUT2D eigenvalue weighted by Crippen LogP contribution is -2.32. The molecule has 5 heteroatoms. The number of carbonyl (C=O) groups excluding carboxylic acids is 1. The van der Waals surface area contributed by atoms with Crippen LogP contribution in [0.2, 0.25) is 0 Å². The van der Waals surface area contributed by atoms with Crippen molar-refractivity contribution in [3.05, 3.63) is 30.3 Å². The summed E-state index contributed by atoms with van der Waals surface area (Å²) in [6.45, 7) is 0. The first-order chi connectivity index (χ1) is 5.70. The van der Waals surface area contributed by atoms with Gasteiger partial charge in [0.2, 0.25) is 0 Å². The molecule has 4 nitrogen and oxygen atoms in total. The SMILES string of the molecule is CN(C)C(=O)[B]c1ccccc1.O.O. The molecule has 0 aliphatic rings. The summed E-state index contributed by atoms with van der Waals surface area (Å²) in [7, 11) is 5.09. The first-order valence-corrected chi connectivity index (χ1v) is 3.81. The van der Waals surface area contributed by atoms with E-state index in [2.05, 4.69) is 0 Å². The molecule has 1 aromatic rings. The van der Waals surface area contributed by atoms with E-state index in [0.717, 1.165) is 5.46 Å². The highest BCUT2D eigenvalue weighted by molar-refractivity contribution is 6.83. The van der Waals surface area contributed by atoms with Gasteiger partial charge in [0.05, 0.1) is 0 Å². The fourth-order valence-electron chi connectivity index (χ4n) is 0.821. The van der Waals surface area contributed by atoms with E-state index >= 15 is 0 Å². The first-order valence-electron chi connectivity index (χ1n) is 3.81. The van der Waals surface area contributed by atoms with Gasteiger partial charge >= 0.3 is 0 Å². The Morgan fingerprint density at radius 3 is 2.07 bits per heavy atom. The summed E-state index contributed by atoms with van der Waals surface area (Å²) in [4.78, 5) is 12.7. The predicted molar refractivity (Wildman–Crippen MR) is 58.1 cm³/mol. The van der Waals surface area contributed by atoms with Gasteiger partial charge in [-0.05, 0) is 0 Å². The largest absolute Gasteiger partial charge is 0.412 e. The van der Waals surface area contributed by atoms with Gasteiger partial charge in [0.15, 0.2) is 5.81 Å². The van der Waals surface area contributed by atoms with Crippen molar-refractivity contribution >= 4 is 18.5 Å². The zero-order valence-electron chi connectivity index (χ0n) is 8.32. The zero-order valence-corrected chi connectivity index (χ0v) is 8.32. The van der Waals surface area contributed by atoms with Gasteiger partial charge in [0, 0.05) is 14.1 Å². The number of benzene rings is 1. The van der Waals surface area contributed by atoms with Crippen LogP contribution in [0.5, 0.6) is 0 Å². The molecule has 0 aliphatic heterocycles. The molecule has 0 heterocycles. The third-order valence-corrected chi connectivity index (χ3v) is 1.53. The van der Waals surface area contributed by atoms with E-state index < -0.39 is 0 Å². The van der Waals surface area contributed by atoms with Crippen LogP contribution in [0.1, 0.15) is 0 Å². The van der Waals surface area contributed by atoms with Crippen LogP contribution in [0.3, 0.4) is 0 Å². The molecule has 14 heavy (non-hydrogen) atoms. The van der Waals surface area contributed by atoms with Gasteiger partial charge in [-0.3, -0.25) is 4.79 Å². The lowest BCUT2D eigenvalue weighted by atomic mass is 9.69. The van der Waals surface area contributed by atoms with E-state index in [1.54, 1.807) is 26.3 Å². The Kier molecular flexibility index (Phi) is 7.70. The number of nitrogens with zero attached hydrogens (tertiary/aromatic N) is 1. The maximum atomic E-state index is 11.2. The van der Waals surface area contributed by atoms with Gasteiger partial charge in [0.25, 0.3) is 7.28 Å². The van der Waals surface area contributed by atoms with Crippen LogP contribution < -0.4 is 5.46 Å². The summed E-state index contributed by atoms with van der Waals surface area (Å²) < 4.78 is 0. The van der Waals surface area contributed by atoms with Crippen molar-refractivity contribution < 1.29 is 15.7 Å². The molecule has 0 aromatic heterocycles. The van der Waals surface area contributed by atoms with Crippen LogP contribution in [0.15, 0.2) is 30.3 Å². The van der Waals surface area contributed by atoms with E-state index in [1.807, 2.05) is 30.3 Å². The van der Waals surface area contributed by atoms with Crippen LogP contribution in [-0.4, -0.2) is 43.0 Å². The van der Waals surface area contributed by atoms with Crippen LogP contribution in [0, 0.1) is 0 Å². The predicted octanol–water partition coefficient (Wildman–Crippen LogP) is -0.952. The van der Waals surface area contributed by atoms with Crippen molar-refractivity contribution in [3.8, 4) is 0 Å². The Balaban J connectivity index is 0. The fourth-order valence-corrected chi connectivity index (χ4v) is 0.821. The second kappa shape index (κ2) is 7.11. The molecule has 0 saturated heterocycles. The second-order valence-electron chi connectivity index (χ2n) is 2.79. The van der Waals surface area contributed by atoms with Gasteiger partial charge in [-0.1, -0.05) is 35.8 Å². The molecule has 0 bridgehead atoms. The van der Waals surface area contributed by atoms with E-state index in [0.29, 0.717) is 0 Å². The lowest BCUT2D eigenvalue weighted by molar-refractivity contribution is 0.239. The average molecular weight is 196 g/mol. The standard InChI is InChI=1S/C9H11BNO.2H2O/c1-11(2)9(12)10-8-6-4-3-5-7-8;;/h3-7H,1-2H3;2*1H2. The molecule has 77 valence electrons. The van der Waals surface area contributed by atoms with Crippen LogP contribution in [-0.2, 0) is 0 Å². The fraction of sp³-hybridized carbons (Fsp3) is 0.222. The summed E-state index contributed by atoms with van der Waals surface area (Å²) in [5.74, 6) is 0.0150. The topological polar surface area (TPSA) is 83.3 Å². The van der Waals surface area contributed by atoms with Crippen molar-refractivity contribution in [1.29, 1.82) is 0 Å². The van der Waals surface area contributed by atoms with E-state index in [-0.39, 0.29) is 16.8 Å². The molecular weight excluding hydrogens is 181 g/mol. The number of carbonyl (C=O) groups is 1. The Morgan fingerprint density at radius 2 is 1.64 bits per heavy atom. The van der Waals surface area contributed by atoms with Crippen LogP contribution in [0.25, 0.3) is 0 Å². The van der Waals surface area contributed by atoms with Gasteiger partial charge < -0.3 is 15.9 Å². The Labute approximate surface area is 84.4 Å². The van der Waals surface area contributed by atoms with Crippen molar-refractivity contribution in [1.82, 2.24) is 4.90 Å². The Morgan fingerprint density at radius 1 is 1.14 bits per heavy atom. The van der Waals surface area contributed by atoms with E-state index in [9.17, 15) is 4.79 Å². The molecule has 0 saturated carbocycles. The minimum Gasteiger partial charge on any atom is -0.412 e. The summed E-state index contributed by atoms with van der Waals surface area (Å²) in [5.41, 5.74) is 0.941. The highest BCUT2D eigenvalue weighted by Gasteiger charge is 2.06. The highest BCUT2D eigenvalue weighted by Crippen LogP contribution is 1.84. The summed E-state index contributed by atoms with van der Waals surface area (Å²) >= 11 is 0. The molecule has 1 radical (unpaired) electrons. The third kappa shape index (κ3) is 4.64. The van der Waals surface area contributed by atoms with Gasteiger partial charge in [0.1, 0.15) is 0 Å². The van der Waals surface area contributed by atoms with Crippen LogP contribution in [0.4, 0.5) is 4.79 Å². The second-order valence-corrected chi connectivity index (χ2v) is 2.79. The number of amides is 1. The molecular formula is C9H15BNO3. The molecule has 0 spiro atoms. The molecule has 0 atom stereocenters. The third-order valence-electron chi connectivity index (χ3n) is 1.53.